The van der Waals surface area contributed by atoms with Crippen molar-refractivity contribution in [2.24, 2.45) is 4.99 Å². The Balaban J connectivity index is 2.22. The van der Waals surface area contributed by atoms with Crippen LogP contribution in [0.2, 0.25) is 0 Å². The highest BCUT2D eigenvalue weighted by molar-refractivity contribution is 5.94. The largest absolute Gasteiger partial charge is 0.335 e. The maximum Gasteiger partial charge on any atom is 0.272 e. The summed E-state index contributed by atoms with van der Waals surface area (Å²) in [6, 6.07) is 5.17. The van der Waals surface area contributed by atoms with Crippen molar-refractivity contribution in [3.05, 3.63) is 54.0 Å². The first-order valence-electron chi connectivity index (χ1n) is 9.26. The number of allylic oxidation sites excluding steroid dienone is 3. The van der Waals surface area contributed by atoms with E-state index in [1.54, 1.807) is 60.4 Å². The second-order valence-electron chi connectivity index (χ2n) is 6.70. The van der Waals surface area contributed by atoms with Gasteiger partial charge in [0.05, 0.1) is 12.1 Å². The minimum atomic E-state index is -0.182. The molecule has 2 amide bonds. The molecule has 0 saturated heterocycles. The third-order valence-corrected chi connectivity index (χ3v) is 5.05. The summed E-state index contributed by atoms with van der Waals surface area (Å²) in [5.41, 5.74) is 0.721. The molecule has 0 unspecified atom stereocenters. The molecule has 1 fully saturated rings. The lowest BCUT2D eigenvalue weighted by molar-refractivity contribution is -0.129. The fourth-order valence-corrected chi connectivity index (χ4v) is 3.53. The highest BCUT2D eigenvalue weighted by Gasteiger charge is 2.36. The highest BCUT2D eigenvalue weighted by atomic mass is 16.2. The van der Waals surface area contributed by atoms with Gasteiger partial charge in [0.1, 0.15) is 11.4 Å². The first-order chi connectivity index (χ1) is 13.0. The van der Waals surface area contributed by atoms with Gasteiger partial charge in [0.25, 0.3) is 11.8 Å². The third kappa shape index (κ3) is 4.90. The van der Waals surface area contributed by atoms with Gasteiger partial charge < -0.3 is 9.80 Å². The van der Waals surface area contributed by atoms with Crippen molar-refractivity contribution < 1.29 is 9.59 Å². The Labute approximate surface area is 161 Å². The molecule has 1 aromatic heterocycles. The number of aromatic nitrogens is 1. The lowest BCUT2D eigenvalue weighted by Gasteiger charge is -2.42. The zero-order valence-corrected chi connectivity index (χ0v) is 16.3. The van der Waals surface area contributed by atoms with Crippen molar-refractivity contribution in [2.75, 3.05) is 14.1 Å². The van der Waals surface area contributed by atoms with Crippen LogP contribution in [-0.2, 0) is 4.79 Å². The summed E-state index contributed by atoms with van der Waals surface area (Å²) in [5.74, 6) is -0.307. The predicted molar refractivity (Wildman–Crippen MR) is 108 cm³/mol. The van der Waals surface area contributed by atoms with Crippen LogP contribution in [-0.4, -0.2) is 59.5 Å². The molecule has 144 valence electrons. The maximum absolute atomic E-state index is 12.9. The smallest absolute Gasteiger partial charge is 0.272 e. The Hall–Kier alpha value is -2.76. The Bertz CT molecular complexity index is 727. The number of carbonyl (C=O) groups excluding carboxylic acids is 2. The monoisotopic (exact) mass is 368 g/mol. The molecule has 27 heavy (non-hydrogen) atoms. The minimum absolute atomic E-state index is 0.0602. The molecule has 0 radical (unpaired) electrons. The highest BCUT2D eigenvalue weighted by Crippen LogP contribution is 2.27. The van der Waals surface area contributed by atoms with E-state index in [0.29, 0.717) is 11.4 Å². The molecule has 1 aliphatic carbocycles. The van der Waals surface area contributed by atoms with Crippen LogP contribution in [0, 0.1) is 0 Å². The summed E-state index contributed by atoms with van der Waals surface area (Å²) in [5, 5.41) is 0. The summed E-state index contributed by atoms with van der Waals surface area (Å²) < 4.78 is 0. The topological polar surface area (TPSA) is 65.9 Å². The molecular formula is C21H28N4O2. The summed E-state index contributed by atoms with van der Waals surface area (Å²) in [7, 11) is 3.57. The Kier molecular flexibility index (Phi) is 7.46. The van der Waals surface area contributed by atoms with Gasteiger partial charge in [0.2, 0.25) is 0 Å². The quantitative estimate of drug-likeness (QED) is 0.440. The summed E-state index contributed by atoms with van der Waals surface area (Å²) in [6.45, 7) is 5.39. The zero-order valence-electron chi connectivity index (χ0n) is 16.3. The molecule has 0 aliphatic heterocycles. The molecule has 2 atom stereocenters. The van der Waals surface area contributed by atoms with Gasteiger partial charge in [-0.2, -0.15) is 0 Å². The Morgan fingerprint density at radius 1 is 1.19 bits per heavy atom. The molecule has 0 aromatic carbocycles. The predicted octanol–water partition coefficient (Wildman–Crippen LogP) is 3.08. The lowest BCUT2D eigenvalue weighted by Crippen LogP contribution is -2.54. The van der Waals surface area contributed by atoms with Crippen LogP contribution in [0.5, 0.6) is 0 Å². The van der Waals surface area contributed by atoms with Crippen LogP contribution in [0.4, 0.5) is 0 Å². The third-order valence-electron chi connectivity index (χ3n) is 5.05. The first kappa shape index (κ1) is 20.6. The van der Waals surface area contributed by atoms with Crippen LogP contribution in [0.25, 0.3) is 0 Å². The number of pyridine rings is 1. The standard InChI is InChI=1S/C21H28N4O2/c1-5-6-11-16(22-2)20(26)24(3)18-13-7-8-14-19(18)25(4)21(27)17-12-9-10-15-23-17/h5-6,9-12,15,18-19H,2,7-8,13-14H2,1,3-4H3/b6-5-,16-11-/t18-,19+/m0/s1. The van der Waals surface area contributed by atoms with Gasteiger partial charge in [0, 0.05) is 20.3 Å². The van der Waals surface area contributed by atoms with Gasteiger partial charge in [-0.25, -0.2) is 0 Å². The van der Waals surface area contributed by atoms with Gasteiger partial charge >= 0.3 is 0 Å². The van der Waals surface area contributed by atoms with Crippen molar-refractivity contribution in [3.8, 4) is 0 Å². The minimum Gasteiger partial charge on any atom is -0.335 e. The lowest BCUT2D eigenvalue weighted by atomic mass is 9.88. The van der Waals surface area contributed by atoms with E-state index in [1.807, 2.05) is 13.0 Å². The molecule has 1 saturated carbocycles. The normalized spacial score (nSPS) is 20.3. The van der Waals surface area contributed by atoms with Gasteiger partial charge in [-0.05, 0) is 44.7 Å². The van der Waals surface area contributed by atoms with E-state index in [-0.39, 0.29) is 23.9 Å². The molecule has 6 nitrogen and oxygen atoms in total. The van der Waals surface area contributed by atoms with Crippen LogP contribution < -0.4 is 0 Å². The number of carbonyl (C=O) groups is 2. The number of likely N-dealkylation sites (N-methyl/N-ethyl adjacent to an activating group) is 2. The molecule has 1 heterocycles. The Morgan fingerprint density at radius 2 is 1.85 bits per heavy atom. The second kappa shape index (κ2) is 9.80. The molecule has 0 N–H and O–H groups in total. The van der Waals surface area contributed by atoms with Gasteiger partial charge in [-0.15, -0.1) is 0 Å². The van der Waals surface area contributed by atoms with E-state index in [9.17, 15) is 9.59 Å². The van der Waals surface area contributed by atoms with Crippen molar-refractivity contribution in [1.82, 2.24) is 14.8 Å². The molecule has 6 heteroatoms. The fraction of sp³-hybridized carbons (Fsp3) is 0.429. The molecular weight excluding hydrogens is 340 g/mol. The van der Waals surface area contributed by atoms with E-state index in [0.717, 1.165) is 25.7 Å². The number of rotatable bonds is 6. The van der Waals surface area contributed by atoms with Crippen LogP contribution in [0.15, 0.2) is 53.3 Å². The SMILES string of the molecule is C=N/C(=C\C=C/C)C(=O)N(C)[C@H]1CCCC[C@H]1N(C)C(=O)c1ccccn1. The first-order valence-corrected chi connectivity index (χ1v) is 9.26. The second-order valence-corrected chi connectivity index (χ2v) is 6.70. The zero-order chi connectivity index (χ0) is 19.8. The van der Waals surface area contributed by atoms with Crippen LogP contribution in [0.3, 0.4) is 0 Å². The van der Waals surface area contributed by atoms with E-state index in [1.165, 1.54) is 0 Å². The molecule has 0 bridgehead atoms. The molecule has 2 rings (SSSR count). The van der Waals surface area contributed by atoms with E-state index in [4.69, 9.17) is 0 Å². The number of nitrogens with zero attached hydrogens (tertiary/aromatic N) is 4. The molecule has 1 aromatic rings. The number of aliphatic imine (C=N–C) groups is 1. The fourth-order valence-electron chi connectivity index (χ4n) is 3.53. The van der Waals surface area contributed by atoms with Crippen LogP contribution in [0.1, 0.15) is 43.1 Å². The van der Waals surface area contributed by atoms with Gasteiger partial charge in [-0.1, -0.05) is 31.1 Å². The van der Waals surface area contributed by atoms with Crippen molar-refractivity contribution >= 4 is 18.5 Å². The summed E-state index contributed by atoms with van der Waals surface area (Å²) in [6.07, 6.45) is 10.6. The maximum atomic E-state index is 12.9. The van der Waals surface area contributed by atoms with Gasteiger partial charge in [-0.3, -0.25) is 19.6 Å². The van der Waals surface area contributed by atoms with E-state index in [2.05, 4.69) is 16.7 Å². The van der Waals surface area contributed by atoms with E-state index < -0.39 is 0 Å². The molecule has 0 spiro atoms. The van der Waals surface area contributed by atoms with E-state index >= 15 is 0 Å². The number of amides is 2. The summed E-state index contributed by atoms with van der Waals surface area (Å²) >= 11 is 0. The van der Waals surface area contributed by atoms with Gasteiger partial charge in [0.15, 0.2) is 0 Å². The van der Waals surface area contributed by atoms with Crippen molar-refractivity contribution in [1.29, 1.82) is 0 Å². The Morgan fingerprint density at radius 3 is 2.41 bits per heavy atom. The van der Waals surface area contributed by atoms with Crippen molar-refractivity contribution in [3.63, 3.8) is 0 Å². The average Bonchev–Trinajstić information content (AvgIpc) is 2.73. The number of hydrogen-bond donors (Lipinski definition) is 0. The van der Waals surface area contributed by atoms with Crippen molar-refractivity contribution in [2.45, 2.75) is 44.7 Å². The molecule has 1 aliphatic rings. The average molecular weight is 368 g/mol. The number of hydrogen-bond acceptors (Lipinski definition) is 4. The summed E-state index contributed by atoms with van der Waals surface area (Å²) in [4.78, 5) is 37.2. The van der Waals surface area contributed by atoms with Crippen LogP contribution >= 0.6 is 0 Å².